The van der Waals surface area contributed by atoms with Gasteiger partial charge in [-0.3, -0.25) is 0 Å². The third-order valence-corrected chi connectivity index (χ3v) is 4.16. The normalized spacial score (nSPS) is 11.6. The standard InChI is InChI=1S/C17H24O2S/c1-3-15(2)14-20-12-11-19-17-9-6-8-16(13-17)7-4-5-10-18/h6,8-9,13,15,18H,3,5,10-12,14H2,1-2H3. The Morgan fingerprint density at radius 3 is 3.00 bits per heavy atom. The third-order valence-electron chi connectivity index (χ3n) is 2.90. The van der Waals surface area contributed by atoms with Crippen LogP contribution in [-0.4, -0.2) is 29.8 Å². The molecule has 20 heavy (non-hydrogen) atoms. The first-order valence-electron chi connectivity index (χ1n) is 7.16. The summed E-state index contributed by atoms with van der Waals surface area (Å²) in [6.07, 6.45) is 1.75. The molecule has 0 bridgehead atoms. The van der Waals surface area contributed by atoms with E-state index in [-0.39, 0.29) is 6.61 Å². The number of benzene rings is 1. The molecule has 0 radical (unpaired) electrons. The number of rotatable bonds is 8. The lowest BCUT2D eigenvalue weighted by atomic mass is 10.2. The molecule has 0 heterocycles. The number of ether oxygens (including phenoxy) is 1. The lowest BCUT2D eigenvalue weighted by Crippen LogP contribution is -2.03. The fraction of sp³-hybridized carbons (Fsp3) is 0.529. The molecular formula is C17H24O2S. The zero-order chi connectivity index (χ0) is 14.6. The molecule has 0 aliphatic heterocycles. The van der Waals surface area contributed by atoms with Gasteiger partial charge >= 0.3 is 0 Å². The Morgan fingerprint density at radius 2 is 2.25 bits per heavy atom. The van der Waals surface area contributed by atoms with Crippen molar-refractivity contribution in [1.29, 1.82) is 0 Å². The Bertz CT molecular complexity index is 434. The largest absolute Gasteiger partial charge is 0.493 e. The molecule has 0 fully saturated rings. The van der Waals surface area contributed by atoms with Crippen LogP contribution in [-0.2, 0) is 0 Å². The van der Waals surface area contributed by atoms with Crippen molar-refractivity contribution in [3.63, 3.8) is 0 Å². The maximum absolute atomic E-state index is 8.69. The highest BCUT2D eigenvalue weighted by Gasteiger charge is 1.99. The number of hydrogen-bond donors (Lipinski definition) is 1. The summed E-state index contributed by atoms with van der Waals surface area (Å²) in [6.45, 7) is 5.35. The van der Waals surface area contributed by atoms with Crippen molar-refractivity contribution < 1.29 is 9.84 Å². The zero-order valence-corrected chi connectivity index (χ0v) is 13.2. The van der Waals surface area contributed by atoms with Gasteiger partial charge in [-0.1, -0.05) is 38.2 Å². The lowest BCUT2D eigenvalue weighted by molar-refractivity contribution is 0.305. The summed E-state index contributed by atoms with van der Waals surface area (Å²) in [5.41, 5.74) is 0.934. The van der Waals surface area contributed by atoms with Gasteiger partial charge in [0, 0.05) is 17.7 Å². The van der Waals surface area contributed by atoms with E-state index in [9.17, 15) is 0 Å². The summed E-state index contributed by atoms with van der Waals surface area (Å²) < 4.78 is 5.73. The molecule has 2 nitrogen and oxygen atoms in total. The van der Waals surface area contributed by atoms with Gasteiger partial charge in [0.15, 0.2) is 0 Å². The lowest BCUT2D eigenvalue weighted by Gasteiger charge is -2.09. The van der Waals surface area contributed by atoms with Gasteiger partial charge in [-0.25, -0.2) is 0 Å². The predicted octanol–water partition coefficient (Wildman–Crippen LogP) is 3.58. The van der Waals surface area contributed by atoms with Gasteiger partial charge in [0.25, 0.3) is 0 Å². The van der Waals surface area contributed by atoms with Crippen molar-refractivity contribution in [2.24, 2.45) is 5.92 Å². The van der Waals surface area contributed by atoms with E-state index in [4.69, 9.17) is 9.84 Å². The molecule has 3 heteroatoms. The highest BCUT2D eigenvalue weighted by molar-refractivity contribution is 7.99. The molecule has 0 aliphatic rings. The minimum atomic E-state index is 0.108. The minimum absolute atomic E-state index is 0.108. The Labute approximate surface area is 126 Å². The molecule has 0 saturated carbocycles. The van der Waals surface area contributed by atoms with Gasteiger partial charge < -0.3 is 9.84 Å². The summed E-state index contributed by atoms with van der Waals surface area (Å²) in [6, 6.07) is 7.81. The van der Waals surface area contributed by atoms with Crippen molar-refractivity contribution >= 4 is 11.8 Å². The summed E-state index contributed by atoms with van der Waals surface area (Å²) in [5, 5.41) is 8.69. The smallest absolute Gasteiger partial charge is 0.120 e. The van der Waals surface area contributed by atoms with E-state index in [0.717, 1.165) is 29.6 Å². The first-order chi connectivity index (χ1) is 9.76. The van der Waals surface area contributed by atoms with Crippen LogP contribution in [0.4, 0.5) is 0 Å². The van der Waals surface area contributed by atoms with Gasteiger partial charge in [0.2, 0.25) is 0 Å². The van der Waals surface area contributed by atoms with Crippen LogP contribution >= 0.6 is 11.8 Å². The van der Waals surface area contributed by atoms with Crippen LogP contribution in [0.25, 0.3) is 0 Å². The van der Waals surface area contributed by atoms with Crippen LogP contribution in [0.5, 0.6) is 5.75 Å². The van der Waals surface area contributed by atoms with E-state index in [1.54, 1.807) is 0 Å². The van der Waals surface area contributed by atoms with Crippen molar-refractivity contribution in [2.75, 3.05) is 24.7 Å². The second-order valence-corrected chi connectivity index (χ2v) is 5.89. The first-order valence-corrected chi connectivity index (χ1v) is 8.32. The molecule has 1 aromatic carbocycles. The summed E-state index contributed by atoms with van der Waals surface area (Å²) >= 11 is 1.95. The number of thioether (sulfide) groups is 1. The van der Waals surface area contributed by atoms with Crippen molar-refractivity contribution in [2.45, 2.75) is 26.7 Å². The highest BCUT2D eigenvalue weighted by Crippen LogP contribution is 2.14. The highest BCUT2D eigenvalue weighted by atomic mass is 32.2. The number of aliphatic hydroxyl groups is 1. The van der Waals surface area contributed by atoms with Crippen LogP contribution < -0.4 is 4.74 Å². The molecule has 1 atom stereocenters. The van der Waals surface area contributed by atoms with Crippen molar-refractivity contribution in [3.05, 3.63) is 29.8 Å². The fourth-order valence-corrected chi connectivity index (χ4v) is 2.51. The minimum Gasteiger partial charge on any atom is -0.493 e. The van der Waals surface area contributed by atoms with E-state index >= 15 is 0 Å². The fourth-order valence-electron chi connectivity index (χ4n) is 1.50. The molecule has 0 saturated heterocycles. The van der Waals surface area contributed by atoms with Gasteiger partial charge in [-0.2, -0.15) is 11.8 Å². The Kier molecular flexibility index (Phi) is 9.02. The van der Waals surface area contributed by atoms with E-state index in [1.165, 1.54) is 12.2 Å². The van der Waals surface area contributed by atoms with E-state index in [2.05, 4.69) is 25.7 Å². The van der Waals surface area contributed by atoms with E-state index < -0.39 is 0 Å². The molecule has 1 aromatic rings. The van der Waals surface area contributed by atoms with Gasteiger partial charge in [-0.15, -0.1) is 0 Å². The molecule has 110 valence electrons. The Hall–Kier alpha value is -1.11. The monoisotopic (exact) mass is 292 g/mol. The molecular weight excluding hydrogens is 268 g/mol. The second-order valence-electron chi connectivity index (χ2n) is 4.74. The molecule has 0 aromatic heterocycles. The molecule has 0 amide bonds. The predicted molar refractivity (Wildman–Crippen MR) is 87.3 cm³/mol. The van der Waals surface area contributed by atoms with Gasteiger partial charge in [0.05, 0.1) is 13.2 Å². The van der Waals surface area contributed by atoms with Crippen LogP contribution in [0.1, 0.15) is 32.3 Å². The first kappa shape index (κ1) is 16.9. The van der Waals surface area contributed by atoms with Gasteiger partial charge in [-0.05, 0) is 29.9 Å². The molecule has 1 rings (SSSR count). The van der Waals surface area contributed by atoms with E-state index in [0.29, 0.717) is 6.42 Å². The van der Waals surface area contributed by atoms with E-state index in [1.807, 2.05) is 36.0 Å². The quantitative estimate of drug-likeness (QED) is 0.586. The second kappa shape index (κ2) is 10.7. The van der Waals surface area contributed by atoms with Gasteiger partial charge in [0.1, 0.15) is 5.75 Å². The number of aliphatic hydroxyl groups excluding tert-OH is 1. The molecule has 1 N–H and O–H groups in total. The van der Waals surface area contributed by atoms with Crippen LogP contribution in [0, 0.1) is 17.8 Å². The van der Waals surface area contributed by atoms with Crippen molar-refractivity contribution in [1.82, 2.24) is 0 Å². The molecule has 0 aliphatic carbocycles. The maximum atomic E-state index is 8.69. The Balaban J connectivity index is 2.30. The topological polar surface area (TPSA) is 29.5 Å². The van der Waals surface area contributed by atoms with Crippen molar-refractivity contribution in [3.8, 4) is 17.6 Å². The summed E-state index contributed by atoms with van der Waals surface area (Å²) in [5.74, 6) is 9.80. The van der Waals surface area contributed by atoms with Crippen LogP contribution in [0.15, 0.2) is 24.3 Å². The zero-order valence-electron chi connectivity index (χ0n) is 12.4. The number of hydrogen-bond acceptors (Lipinski definition) is 3. The SMILES string of the molecule is CCC(C)CSCCOc1cccc(C#CCCO)c1. The molecule has 1 unspecified atom stereocenters. The summed E-state index contributed by atoms with van der Waals surface area (Å²) in [4.78, 5) is 0. The average molecular weight is 292 g/mol. The summed E-state index contributed by atoms with van der Waals surface area (Å²) in [7, 11) is 0. The molecule has 0 spiro atoms. The maximum Gasteiger partial charge on any atom is 0.120 e. The Morgan fingerprint density at radius 1 is 1.40 bits per heavy atom. The van der Waals surface area contributed by atoms with Crippen LogP contribution in [0.2, 0.25) is 0 Å². The third kappa shape index (κ3) is 7.47. The average Bonchev–Trinajstić information content (AvgIpc) is 2.47. The van der Waals surface area contributed by atoms with Crippen LogP contribution in [0.3, 0.4) is 0 Å².